The molecule has 0 fully saturated rings. The number of hydrogen-bond acceptors (Lipinski definition) is 5. The third-order valence-electron chi connectivity index (χ3n) is 2.52. The third kappa shape index (κ3) is 4.57. The van der Waals surface area contributed by atoms with Crippen LogP contribution >= 0.6 is 0 Å². The van der Waals surface area contributed by atoms with Gasteiger partial charge in [-0.15, -0.1) is 0 Å². The quantitative estimate of drug-likeness (QED) is 0.659. The number of carbonyl (C=O) groups is 1. The summed E-state index contributed by atoms with van der Waals surface area (Å²) < 4.78 is 0. The Kier molecular flexibility index (Phi) is 5.35. The second-order valence-electron chi connectivity index (χ2n) is 4.39. The van der Waals surface area contributed by atoms with Crippen molar-refractivity contribution in [3.05, 3.63) is 11.8 Å². The number of aromatic nitrogens is 2. The smallest absolute Gasteiger partial charge is 0.222 e. The molecule has 0 saturated carbocycles. The first-order valence-corrected chi connectivity index (χ1v) is 6.12. The van der Waals surface area contributed by atoms with Crippen molar-refractivity contribution >= 4 is 17.7 Å². The zero-order chi connectivity index (χ0) is 13.5. The lowest BCUT2D eigenvalue weighted by molar-refractivity contribution is -0.120. The maximum absolute atomic E-state index is 11.0. The first-order chi connectivity index (χ1) is 8.52. The van der Waals surface area contributed by atoms with Crippen molar-refractivity contribution in [3.63, 3.8) is 0 Å². The third-order valence-corrected chi connectivity index (χ3v) is 2.52. The molecule has 1 heterocycles. The molecule has 18 heavy (non-hydrogen) atoms. The van der Waals surface area contributed by atoms with Crippen molar-refractivity contribution in [2.24, 2.45) is 0 Å². The average molecular weight is 251 g/mol. The average Bonchev–Trinajstić information content (AvgIpc) is 2.33. The number of anilines is 2. The molecule has 0 aliphatic carbocycles. The van der Waals surface area contributed by atoms with Crippen LogP contribution in [0.25, 0.3) is 0 Å². The molecular weight excluding hydrogens is 230 g/mol. The van der Waals surface area contributed by atoms with Crippen LogP contribution in [0.15, 0.2) is 6.07 Å². The molecule has 0 saturated heterocycles. The highest BCUT2D eigenvalue weighted by molar-refractivity contribution is 5.75. The molecule has 0 unspecified atom stereocenters. The van der Waals surface area contributed by atoms with Crippen LogP contribution in [0.3, 0.4) is 0 Å². The summed E-state index contributed by atoms with van der Waals surface area (Å²) in [5.41, 5.74) is 6.56. The topological polar surface area (TPSA) is 92.9 Å². The van der Waals surface area contributed by atoms with Crippen LogP contribution in [0.1, 0.15) is 38.3 Å². The molecule has 1 rings (SSSR count). The van der Waals surface area contributed by atoms with Crippen molar-refractivity contribution in [2.45, 2.75) is 32.6 Å². The van der Waals surface area contributed by atoms with Crippen LogP contribution in [0.5, 0.6) is 0 Å². The molecule has 6 heteroatoms. The number of nitrogens with zero attached hydrogens (tertiary/aromatic N) is 2. The maximum Gasteiger partial charge on any atom is 0.222 e. The fourth-order valence-electron chi connectivity index (χ4n) is 1.46. The van der Waals surface area contributed by atoms with Gasteiger partial charge in [0, 0.05) is 26.1 Å². The van der Waals surface area contributed by atoms with Gasteiger partial charge in [-0.25, -0.2) is 4.98 Å². The molecule has 1 amide bonds. The summed E-state index contributed by atoms with van der Waals surface area (Å²) >= 11 is 0. The number of carbonyl (C=O) groups excluding carboxylic acids is 1. The Labute approximate surface area is 107 Å². The second-order valence-corrected chi connectivity index (χ2v) is 4.39. The summed E-state index contributed by atoms with van der Waals surface area (Å²) in [4.78, 5) is 19.3. The van der Waals surface area contributed by atoms with Crippen LogP contribution in [-0.2, 0) is 4.79 Å². The highest BCUT2D eigenvalue weighted by Gasteiger charge is 2.05. The van der Waals surface area contributed by atoms with E-state index in [0.717, 1.165) is 12.1 Å². The number of nitrogens with two attached hydrogens (primary N) is 1. The molecule has 6 nitrogen and oxygen atoms in total. The van der Waals surface area contributed by atoms with Gasteiger partial charge in [-0.2, -0.15) is 4.98 Å². The molecule has 4 N–H and O–H groups in total. The van der Waals surface area contributed by atoms with Crippen molar-refractivity contribution in [2.75, 3.05) is 24.6 Å². The predicted molar refractivity (Wildman–Crippen MR) is 72.3 cm³/mol. The minimum absolute atomic E-state index is 0.0434. The zero-order valence-corrected chi connectivity index (χ0v) is 11.2. The van der Waals surface area contributed by atoms with Crippen molar-refractivity contribution in [3.8, 4) is 0 Å². The van der Waals surface area contributed by atoms with Gasteiger partial charge in [0.1, 0.15) is 5.82 Å². The summed E-state index contributed by atoms with van der Waals surface area (Å²) in [5, 5.41) is 5.73. The van der Waals surface area contributed by atoms with E-state index in [0.29, 0.717) is 24.7 Å². The molecule has 0 aromatic carbocycles. The van der Waals surface area contributed by atoms with E-state index >= 15 is 0 Å². The first-order valence-electron chi connectivity index (χ1n) is 6.12. The van der Waals surface area contributed by atoms with Crippen LogP contribution in [-0.4, -0.2) is 29.5 Å². The van der Waals surface area contributed by atoms with Gasteiger partial charge in [-0.3, -0.25) is 4.79 Å². The Morgan fingerprint density at radius 3 is 2.78 bits per heavy atom. The maximum atomic E-state index is 11.0. The standard InChI is InChI=1S/C12H21N5O/c1-8(2)9-7-10(17-12(13)16-9)15-6-4-5-11(18)14-3/h7-8H,4-6H2,1-3H3,(H,14,18)(H3,13,15,16,17). The van der Waals surface area contributed by atoms with Gasteiger partial charge in [0.2, 0.25) is 11.9 Å². The predicted octanol–water partition coefficient (Wildman–Crippen LogP) is 1.12. The Balaban J connectivity index is 2.49. The molecule has 100 valence electrons. The lowest BCUT2D eigenvalue weighted by Gasteiger charge is -2.09. The molecule has 0 radical (unpaired) electrons. The monoisotopic (exact) mass is 251 g/mol. The normalized spacial score (nSPS) is 10.4. The summed E-state index contributed by atoms with van der Waals surface area (Å²) in [6.45, 7) is 4.79. The second kappa shape index (κ2) is 6.78. The molecule has 0 atom stereocenters. The molecule has 1 aromatic rings. The van der Waals surface area contributed by atoms with Crippen LogP contribution in [0.4, 0.5) is 11.8 Å². The van der Waals surface area contributed by atoms with E-state index in [2.05, 4.69) is 34.4 Å². The number of nitrogens with one attached hydrogen (secondary N) is 2. The van der Waals surface area contributed by atoms with Crippen molar-refractivity contribution in [1.82, 2.24) is 15.3 Å². The van der Waals surface area contributed by atoms with E-state index in [1.807, 2.05) is 6.07 Å². The number of hydrogen-bond donors (Lipinski definition) is 3. The first kappa shape index (κ1) is 14.2. The van der Waals surface area contributed by atoms with Crippen LogP contribution in [0.2, 0.25) is 0 Å². The number of rotatable bonds is 6. The summed E-state index contributed by atoms with van der Waals surface area (Å²) in [6.07, 6.45) is 1.25. The molecule has 0 aliphatic rings. The van der Waals surface area contributed by atoms with E-state index in [-0.39, 0.29) is 11.9 Å². The zero-order valence-electron chi connectivity index (χ0n) is 11.2. The molecule has 1 aromatic heterocycles. The highest BCUT2D eigenvalue weighted by Crippen LogP contribution is 2.16. The van der Waals surface area contributed by atoms with Crippen molar-refractivity contribution in [1.29, 1.82) is 0 Å². The minimum Gasteiger partial charge on any atom is -0.370 e. The molecule has 0 spiro atoms. The van der Waals surface area contributed by atoms with Gasteiger partial charge in [0.05, 0.1) is 5.69 Å². The van der Waals surface area contributed by atoms with Gasteiger partial charge in [0.15, 0.2) is 0 Å². The molecular formula is C12H21N5O. The largest absolute Gasteiger partial charge is 0.370 e. The number of amides is 1. The van der Waals surface area contributed by atoms with Gasteiger partial charge in [-0.1, -0.05) is 13.8 Å². The van der Waals surface area contributed by atoms with E-state index < -0.39 is 0 Å². The van der Waals surface area contributed by atoms with Gasteiger partial charge >= 0.3 is 0 Å². The van der Waals surface area contributed by atoms with Crippen LogP contribution < -0.4 is 16.4 Å². The summed E-state index contributed by atoms with van der Waals surface area (Å²) in [7, 11) is 1.63. The summed E-state index contributed by atoms with van der Waals surface area (Å²) in [5.74, 6) is 1.33. The van der Waals surface area contributed by atoms with E-state index in [4.69, 9.17) is 5.73 Å². The Morgan fingerprint density at radius 2 is 2.17 bits per heavy atom. The minimum atomic E-state index is 0.0434. The SMILES string of the molecule is CNC(=O)CCCNc1cc(C(C)C)nc(N)n1. The molecule has 0 bridgehead atoms. The lowest BCUT2D eigenvalue weighted by atomic mass is 10.1. The van der Waals surface area contributed by atoms with E-state index in [1.54, 1.807) is 7.05 Å². The Hall–Kier alpha value is -1.85. The summed E-state index contributed by atoms with van der Waals surface area (Å²) in [6, 6.07) is 1.89. The number of nitrogen functional groups attached to an aromatic ring is 1. The Bertz CT molecular complexity index is 405. The highest BCUT2D eigenvalue weighted by atomic mass is 16.1. The van der Waals surface area contributed by atoms with Crippen molar-refractivity contribution < 1.29 is 4.79 Å². The van der Waals surface area contributed by atoms with E-state index in [1.165, 1.54) is 0 Å². The Morgan fingerprint density at radius 1 is 1.44 bits per heavy atom. The fourth-order valence-corrected chi connectivity index (χ4v) is 1.46. The molecule has 0 aliphatic heterocycles. The van der Waals surface area contributed by atoms with Gasteiger partial charge < -0.3 is 16.4 Å². The van der Waals surface area contributed by atoms with E-state index in [9.17, 15) is 4.79 Å². The van der Waals surface area contributed by atoms with Crippen LogP contribution in [0, 0.1) is 0 Å². The fraction of sp³-hybridized carbons (Fsp3) is 0.583. The lowest BCUT2D eigenvalue weighted by Crippen LogP contribution is -2.18. The van der Waals surface area contributed by atoms with Gasteiger partial charge in [0.25, 0.3) is 0 Å². The van der Waals surface area contributed by atoms with Gasteiger partial charge in [-0.05, 0) is 12.3 Å².